The molecule has 218 valence electrons. The van der Waals surface area contributed by atoms with Gasteiger partial charge in [-0.05, 0) is 63.9 Å². The topological polar surface area (TPSA) is 105 Å². The number of hydrogen-bond acceptors (Lipinski definition) is 7. The molecule has 4 heterocycles. The van der Waals surface area contributed by atoms with Crippen molar-refractivity contribution in [2.24, 2.45) is 0 Å². The fourth-order valence-corrected chi connectivity index (χ4v) is 5.99. The number of amides is 1. The van der Waals surface area contributed by atoms with Crippen molar-refractivity contribution in [1.82, 2.24) is 14.9 Å². The number of benzene rings is 1. The number of carbonyl (C=O) groups is 1. The first-order chi connectivity index (χ1) is 19.1. The van der Waals surface area contributed by atoms with Crippen LogP contribution in [0.15, 0.2) is 59.6 Å². The summed E-state index contributed by atoms with van der Waals surface area (Å²) in [5.74, 6) is 0.153. The number of likely N-dealkylation sites (tertiary alicyclic amines) is 1. The van der Waals surface area contributed by atoms with Crippen molar-refractivity contribution in [2.45, 2.75) is 56.5 Å². The van der Waals surface area contributed by atoms with Crippen molar-refractivity contribution < 1.29 is 31.1 Å². The minimum Gasteiger partial charge on any atom is -0.444 e. The Morgan fingerprint density at radius 3 is 2.32 bits per heavy atom. The van der Waals surface area contributed by atoms with Crippen LogP contribution in [-0.4, -0.2) is 60.2 Å². The Morgan fingerprint density at radius 2 is 1.71 bits per heavy atom. The fourth-order valence-electron chi connectivity index (χ4n) is 5.03. The van der Waals surface area contributed by atoms with E-state index in [0.29, 0.717) is 31.0 Å². The quantitative estimate of drug-likeness (QED) is 0.421. The van der Waals surface area contributed by atoms with Gasteiger partial charge in [-0.3, -0.25) is 4.72 Å². The Morgan fingerprint density at radius 1 is 1.00 bits per heavy atom. The number of sulfonamides is 1. The molecule has 0 bridgehead atoms. The number of carbonyl (C=O) groups excluding carboxylic acids is 1. The Hall–Kier alpha value is -3.87. The molecule has 0 saturated carbocycles. The van der Waals surface area contributed by atoms with Gasteiger partial charge in [0, 0.05) is 25.2 Å². The molecule has 9 nitrogen and oxygen atoms in total. The molecule has 41 heavy (non-hydrogen) atoms. The molecule has 2 saturated heterocycles. The van der Waals surface area contributed by atoms with Crippen molar-refractivity contribution in [2.75, 3.05) is 29.3 Å². The highest BCUT2D eigenvalue weighted by atomic mass is 32.2. The van der Waals surface area contributed by atoms with Crippen LogP contribution in [0.25, 0.3) is 11.3 Å². The summed E-state index contributed by atoms with van der Waals surface area (Å²) in [4.78, 5) is 24.4. The third-order valence-corrected chi connectivity index (χ3v) is 8.35. The van der Waals surface area contributed by atoms with Gasteiger partial charge < -0.3 is 14.5 Å². The Labute approximate surface area is 236 Å². The molecule has 2 aliphatic rings. The van der Waals surface area contributed by atoms with Crippen molar-refractivity contribution >= 4 is 27.8 Å². The predicted octanol–water partition coefficient (Wildman–Crippen LogP) is 5.47. The molecule has 2 aromatic heterocycles. The lowest BCUT2D eigenvalue weighted by molar-refractivity contribution is -0.137. The summed E-state index contributed by atoms with van der Waals surface area (Å²) < 4.78 is 75.6. The molecule has 13 heteroatoms. The third-order valence-electron chi connectivity index (χ3n) is 7.10. The largest absolute Gasteiger partial charge is 0.444 e. The smallest absolute Gasteiger partial charge is 0.418 e. The van der Waals surface area contributed by atoms with Gasteiger partial charge in [0.25, 0.3) is 10.0 Å². The van der Waals surface area contributed by atoms with E-state index in [4.69, 9.17) is 4.74 Å². The summed E-state index contributed by atoms with van der Waals surface area (Å²) in [5.41, 5.74) is -1.51. The molecular formula is C28H30F3N5O4S. The molecule has 1 N–H and O–H groups in total. The lowest BCUT2D eigenvalue weighted by atomic mass is 9.77. The zero-order valence-electron chi connectivity index (χ0n) is 23.0. The van der Waals surface area contributed by atoms with Crippen molar-refractivity contribution in [3.63, 3.8) is 0 Å². The van der Waals surface area contributed by atoms with E-state index in [9.17, 15) is 26.4 Å². The van der Waals surface area contributed by atoms with Crippen molar-refractivity contribution in [3.05, 3.63) is 65.7 Å². The summed E-state index contributed by atoms with van der Waals surface area (Å²) in [7, 11) is -4.30. The number of halogens is 3. The molecule has 2 aliphatic heterocycles. The number of hydrogen-bond donors (Lipinski definition) is 1. The molecule has 5 rings (SSSR count). The lowest BCUT2D eigenvalue weighted by Gasteiger charge is -2.62. The van der Waals surface area contributed by atoms with Crippen LogP contribution in [0.3, 0.4) is 0 Å². The first kappa shape index (κ1) is 28.7. The Kier molecular flexibility index (Phi) is 6.91. The Bertz CT molecular complexity index is 1600. The molecular weight excluding hydrogens is 559 g/mol. The van der Waals surface area contributed by atoms with Crippen LogP contribution in [0.4, 0.5) is 29.6 Å². The van der Waals surface area contributed by atoms with Crippen LogP contribution >= 0.6 is 0 Å². The van der Waals surface area contributed by atoms with E-state index in [1.165, 1.54) is 12.1 Å². The van der Waals surface area contributed by atoms with Gasteiger partial charge in [0.1, 0.15) is 17.2 Å². The zero-order chi connectivity index (χ0) is 29.8. The van der Waals surface area contributed by atoms with Gasteiger partial charge >= 0.3 is 12.3 Å². The molecule has 1 spiro atoms. The maximum Gasteiger partial charge on any atom is 0.418 e. The van der Waals surface area contributed by atoms with Gasteiger partial charge in [-0.2, -0.15) is 21.6 Å². The first-order valence-electron chi connectivity index (χ1n) is 13.0. The van der Waals surface area contributed by atoms with Gasteiger partial charge in [-0.15, -0.1) is 0 Å². The van der Waals surface area contributed by atoms with Crippen LogP contribution in [0, 0.1) is 6.92 Å². The van der Waals surface area contributed by atoms with E-state index in [1.807, 2.05) is 4.90 Å². The molecule has 0 aliphatic carbocycles. The molecule has 1 aromatic carbocycles. The van der Waals surface area contributed by atoms with E-state index in [1.54, 1.807) is 62.9 Å². The maximum atomic E-state index is 13.8. The number of ether oxygens (including phenoxy) is 1. The van der Waals surface area contributed by atoms with E-state index in [0.717, 1.165) is 18.6 Å². The van der Waals surface area contributed by atoms with Gasteiger partial charge in [-0.25, -0.2) is 14.8 Å². The number of pyridine rings is 2. The number of anilines is 2. The number of aromatic nitrogens is 2. The normalized spacial score (nSPS) is 16.7. The monoisotopic (exact) mass is 589 g/mol. The predicted molar refractivity (Wildman–Crippen MR) is 147 cm³/mol. The van der Waals surface area contributed by atoms with Crippen LogP contribution in [-0.2, 0) is 20.9 Å². The standard InChI is InChI=1S/C28H30F3N5O4S/c1-18-8-5-6-9-19(18)24-20(28(29,30)31)12-13-21(32-24)34-41(38,39)23-11-7-10-22(33-23)36-15-14-27(36)16-35(17-27)25(37)40-26(2,3)4/h5-13H,14-17H2,1-4H3,(H,32,34). The average molecular weight is 590 g/mol. The molecule has 2 fully saturated rings. The van der Waals surface area contributed by atoms with Crippen LogP contribution in [0.5, 0.6) is 0 Å². The zero-order valence-corrected chi connectivity index (χ0v) is 23.8. The summed E-state index contributed by atoms with van der Waals surface area (Å²) in [6, 6.07) is 12.8. The van der Waals surface area contributed by atoms with E-state index >= 15 is 0 Å². The summed E-state index contributed by atoms with van der Waals surface area (Å²) in [6.07, 6.45) is -4.29. The van der Waals surface area contributed by atoms with Crippen LogP contribution in [0.1, 0.15) is 38.3 Å². The highest BCUT2D eigenvalue weighted by Crippen LogP contribution is 2.42. The maximum absolute atomic E-state index is 13.8. The molecule has 0 radical (unpaired) electrons. The lowest BCUT2D eigenvalue weighted by Crippen LogP contribution is -2.78. The van der Waals surface area contributed by atoms with Gasteiger partial charge in [-0.1, -0.05) is 30.3 Å². The highest BCUT2D eigenvalue weighted by molar-refractivity contribution is 7.92. The van der Waals surface area contributed by atoms with Crippen molar-refractivity contribution in [3.8, 4) is 11.3 Å². The minimum absolute atomic E-state index is 0.241. The second kappa shape index (κ2) is 9.89. The number of rotatable bonds is 5. The van der Waals surface area contributed by atoms with Gasteiger partial charge in [0.2, 0.25) is 0 Å². The number of nitrogens with one attached hydrogen (secondary N) is 1. The van der Waals surface area contributed by atoms with Crippen LogP contribution in [0.2, 0.25) is 0 Å². The summed E-state index contributed by atoms with van der Waals surface area (Å²) >= 11 is 0. The van der Waals surface area contributed by atoms with E-state index < -0.39 is 33.5 Å². The Balaban J connectivity index is 1.37. The van der Waals surface area contributed by atoms with Crippen molar-refractivity contribution in [1.29, 1.82) is 0 Å². The highest BCUT2D eigenvalue weighted by Gasteiger charge is 2.56. The molecule has 0 unspecified atom stereocenters. The third kappa shape index (κ3) is 5.67. The molecule has 1 amide bonds. The minimum atomic E-state index is -4.69. The van der Waals surface area contributed by atoms with E-state index in [2.05, 4.69) is 14.7 Å². The van der Waals surface area contributed by atoms with Gasteiger partial charge in [0.15, 0.2) is 5.03 Å². The number of aryl methyl sites for hydroxylation is 1. The molecule has 0 atom stereocenters. The average Bonchev–Trinajstić information content (AvgIpc) is 2.81. The number of alkyl halides is 3. The molecule has 3 aromatic rings. The summed E-state index contributed by atoms with van der Waals surface area (Å²) in [6.45, 7) is 8.52. The SMILES string of the molecule is Cc1ccccc1-c1nc(NS(=O)(=O)c2cccc(N3CCC34CN(C(=O)OC(C)(C)C)C4)n2)ccc1C(F)(F)F. The van der Waals surface area contributed by atoms with Gasteiger partial charge in [0.05, 0.1) is 16.8 Å². The number of nitrogens with zero attached hydrogens (tertiary/aromatic N) is 4. The first-order valence-corrected chi connectivity index (χ1v) is 14.5. The summed E-state index contributed by atoms with van der Waals surface area (Å²) in [5, 5.41) is -0.306. The second-order valence-electron chi connectivity index (χ2n) is 11.3. The fraction of sp³-hybridized carbons (Fsp3) is 0.393. The second-order valence-corrected chi connectivity index (χ2v) is 12.9. The van der Waals surface area contributed by atoms with Crippen LogP contribution < -0.4 is 9.62 Å². The van der Waals surface area contributed by atoms with E-state index in [-0.39, 0.29) is 27.6 Å².